The fourth-order valence-electron chi connectivity index (χ4n) is 2.35. The average Bonchev–Trinajstić information content (AvgIpc) is 2.61. The number of thiocarbonyl (C=S) groups is 1. The molecule has 0 spiro atoms. The molecule has 0 aromatic heterocycles. The molecule has 0 aliphatic carbocycles. The molecular formula is C16H10Cl2F2N2S. The van der Waals surface area contributed by atoms with E-state index < -0.39 is 17.7 Å². The van der Waals surface area contributed by atoms with Crippen molar-refractivity contribution in [1.82, 2.24) is 0 Å². The lowest BCUT2D eigenvalue weighted by atomic mass is 9.99. The van der Waals surface area contributed by atoms with Gasteiger partial charge in [-0.05, 0) is 31.2 Å². The maximum Gasteiger partial charge on any atom is 0.135 e. The predicted octanol–water partition coefficient (Wildman–Crippen LogP) is 5.25. The molecule has 2 aromatic rings. The molecule has 0 fully saturated rings. The first-order valence-electron chi connectivity index (χ1n) is 6.71. The second kappa shape index (κ2) is 6.15. The van der Waals surface area contributed by atoms with Gasteiger partial charge in [-0.25, -0.2) is 8.78 Å². The Kier molecular flexibility index (Phi) is 4.36. The molecule has 2 nitrogen and oxygen atoms in total. The second-order valence-electron chi connectivity index (χ2n) is 5.02. The van der Waals surface area contributed by atoms with Gasteiger partial charge in [-0.2, -0.15) is 0 Å². The van der Waals surface area contributed by atoms with Crippen LogP contribution in [-0.2, 0) is 0 Å². The topological polar surface area (TPSA) is 24.4 Å². The molecule has 1 aliphatic rings. The van der Waals surface area contributed by atoms with Crippen LogP contribution in [0.15, 0.2) is 35.3 Å². The Balaban J connectivity index is 2.38. The molecule has 23 heavy (non-hydrogen) atoms. The van der Waals surface area contributed by atoms with E-state index in [1.165, 1.54) is 18.2 Å². The Morgan fingerprint density at radius 2 is 1.74 bits per heavy atom. The van der Waals surface area contributed by atoms with E-state index in [1.807, 2.05) is 0 Å². The van der Waals surface area contributed by atoms with Crippen molar-refractivity contribution in [1.29, 1.82) is 0 Å². The first-order valence-corrected chi connectivity index (χ1v) is 7.88. The van der Waals surface area contributed by atoms with Gasteiger partial charge in [0.05, 0.1) is 27.4 Å². The van der Waals surface area contributed by atoms with Crippen LogP contribution < -0.4 is 5.32 Å². The van der Waals surface area contributed by atoms with Crippen molar-refractivity contribution < 1.29 is 8.78 Å². The van der Waals surface area contributed by atoms with Gasteiger partial charge < -0.3 is 5.32 Å². The monoisotopic (exact) mass is 370 g/mol. The molecule has 3 rings (SSSR count). The number of nitrogens with zero attached hydrogens (tertiary/aromatic N) is 1. The molecule has 0 saturated heterocycles. The van der Waals surface area contributed by atoms with Gasteiger partial charge in [0.2, 0.25) is 0 Å². The van der Waals surface area contributed by atoms with Crippen LogP contribution in [-0.4, -0.2) is 16.7 Å². The van der Waals surface area contributed by atoms with E-state index in [4.69, 9.17) is 35.4 Å². The molecule has 1 N–H and O–H groups in total. The lowest BCUT2D eigenvalue weighted by Gasteiger charge is -2.14. The van der Waals surface area contributed by atoms with Crippen LogP contribution in [0.3, 0.4) is 0 Å². The summed E-state index contributed by atoms with van der Waals surface area (Å²) >= 11 is 17.6. The van der Waals surface area contributed by atoms with Crippen molar-refractivity contribution in [3.8, 4) is 0 Å². The minimum atomic E-state index is -0.731. The molecule has 0 radical (unpaired) electrons. The Morgan fingerprint density at radius 1 is 1.09 bits per heavy atom. The highest BCUT2D eigenvalue weighted by atomic mass is 35.5. The minimum absolute atomic E-state index is 0.0861. The highest BCUT2D eigenvalue weighted by Gasteiger charge is 2.27. The quantitative estimate of drug-likeness (QED) is 0.693. The molecule has 1 heterocycles. The number of aliphatic imine (C=N–C) groups is 1. The normalized spacial score (nSPS) is 17.2. The smallest absolute Gasteiger partial charge is 0.135 e. The molecule has 118 valence electrons. The highest BCUT2D eigenvalue weighted by molar-refractivity contribution is 7.80. The van der Waals surface area contributed by atoms with Crippen LogP contribution in [0.1, 0.15) is 18.1 Å². The van der Waals surface area contributed by atoms with Crippen LogP contribution in [0.5, 0.6) is 0 Å². The number of benzodiazepines with no additional fused rings is 1. The van der Waals surface area contributed by atoms with Crippen LogP contribution >= 0.6 is 35.4 Å². The van der Waals surface area contributed by atoms with Crippen molar-refractivity contribution in [3.63, 3.8) is 0 Å². The van der Waals surface area contributed by atoms with Gasteiger partial charge in [0.15, 0.2) is 0 Å². The third-order valence-electron chi connectivity index (χ3n) is 3.49. The van der Waals surface area contributed by atoms with Gasteiger partial charge in [0, 0.05) is 11.3 Å². The molecule has 7 heteroatoms. The third-order valence-corrected chi connectivity index (χ3v) is 4.74. The van der Waals surface area contributed by atoms with E-state index in [0.29, 0.717) is 16.2 Å². The van der Waals surface area contributed by atoms with Crippen LogP contribution in [0.25, 0.3) is 0 Å². The standard InChI is InChI=1S/C16H10Cl2F2N2S/c1-7-16(23)22-11-6-5-8(17)14(18)13(11)15(21-7)12-9(19)3-2-4-10(12)20/h2-7H,1H3,(H,22,23)/t7-/m0/s1. The summed E-state index contributed by atoms with van der Waals surface area (Å²) in [6.45, 7) is 1.73. The summed E-state index contributed by atoms with van der Waals surface area (Å²) in [7, 11) is 0. The predicted molar refractivity (Wildman–Crippen MR) is 94.1 cm³/mol. The number of benzene rings is 2. The number of hydrogen-bond donors (Lipinski definition) is 1. The van der Waals surface area contributed by atoms with Crippen LogP contribution in [0.2, 0.25) is 10.0 Å². The fraction of sp³-hybridized carbons (Fsp3) is 0.125. The van der Waals surface area contributed by atoms with Crippen molar-refractivity contribution in [2.75, 3.05) is 5.32 Å². The Labute approximate surface area is 147 Å². The molecular weight excluding hydrogens is 361 g/mol. The Bertz CT molecular complexity index is 832. The summed E-state index contributed by atoms with van der Waals surface area (Å²) in [5.41, 5.74) is 0.671. The van der Waals surface area contributed by atoms with Crippen molar-refractivity contribution in [2.45, 2.75) is 13.0 Å². The number of halogens is 4. The van der Waals surface area contributed by atoms with Crippen molar-refractivity contribution in [2.24, 2.45) is 4.99 Å². The van der Waals surface area contributed by atoms with E-state index >= 15 is 0 Å². The summed E-state index contributed by atoms with van der Waals surface area (Å²) in [5.74, 6) is -1.46. The van der Waals surface area contributed by atoms with Gasteiger partial charge in [0.25, 0.3) is 0 Å². The zero-order chi connectivity index (χ0) is 16.7. The molecule has 0 saturated carbocycles. The molecule has 0 amide bonds. The van der Waals surface area contributed by atoms with Crippen LogP contribution in [0, 0.1) is 11.6 Å². The van der Waals surface area contributed by atoms with Gasteiger partial charge in [-0.1, -0.05) is 41.5 Å². The third kappa shape index (κ3) is 2.84. The zero-order valence-electron chi connectivity index (χ0n) is 11.8. The van der Waals surface area contributed by atoms with E-state index in [1.54, 1.807) is 19.1 Å². The summed E-state index contributed by atoms with van der Waals surface area (Å²) in [6.07, 6.45) is 0. The van der Waals surface area contributed by atoms with Gasteiger partial charge >= 0.3 is 0 Å². The lowest BCUT2D eigenvalue weighted by Crippen LogP contribution is -2.20. The van der Waals surface area contributed by atoms with Crippen molar-refractivity contribution >= 4 is 51.8 Å². The average molecular weight is 371 g/mol. The summed E-state index contributed by atoms with van der Waals surface area (Å²) in [6, 6.07) is 6.39. The summed E-state index contributed by atoms with van der Waals surface area (Å²) < 4.78 is 28.5. The molecule has 0 bridgehead atoms. The van der Waals surface area contributed by atoms with E-state index in [2.05, 4.69) is 10.3 Å². The second-order valence-corrected chi connectivity index (χ2v) is 6.25. The maximum atomic E-state index is 14.3. The van der Waals surface area contributed by atoms with E-state index in [-0.39, 0.29) is 21.3 Å². The number of anilines is 1. The first kappa shape index (κ1) is 16.3. The maximum absolute atomic E-state index is 14.3. The Hall–Kier alpha value is -1.56. The van der Waals surface area contributed by atoms with E-state index in [0.717, 1.165) is 0 Å². The molecule has 1 aliphatic heterocycles. The number of nitrogens with one attached hydrogen (secondary N) is 1. The number of fused-ring (bicyclic) bond motifs is 1. The van der Waals surface area contributed by atoms with E-state index in [9.17, 15) is 8.78 Å². The SMILES string of the molecule is C[C@@H]1N=C(c2c(F)cccc2F)c2c(ccc(Cl)c2Cl)NC1=S. The molecule has 2 aromatic carbocycles. The molecule has 0 unspecified atom stereocenters. The summed E-state index contributed by atoms with van der Waals surface area (Å²) in [5, 5.41) is 3.43. The summed E-state index contributed by atoms with van der Waals surface area (Å²) in [4.78, 5) is 4.81. The minimum Gasteiger partial charge on any atom is -0.348 e. The van der Waals surface area contributed by atoms with Crippen LogP contribution in [0.4, 0.5) is 14.5 Å². The number of rotatable bonds is 1. The van der Waals surface area contributed by atoms with Crippen molar-refractivity contribution in [3.05, 3.63) is 63.1 Å². The molecule has 1 atom stereocenters. The lowest BCUT2D eigenvalue weighted by molar-refractivity contribution is 0.579. The van der Waals surface area contributed by atoms with Gasteiger partial charge in [-0.15, -0.1) is 0 Å². The Morgan fingerprint density at radius 3 is 2.39 bits per heavy atom. The largest absolute Gasteiger partial charge is 0.348 e. The highest BCUT2D eigenvalue weighted by Crippen LogP contribution is 2.36. The number of hydrogen-bond acceptors (Lipinski definition) is 2. The van der Waals surface area contributed by atoms with Gasteiger partial charge in [-0.3, -0.25) is 4.99 Å². The first-order chi connectivity index (χ1) is 10.9. The zero-order valence-corrected chi connectivity index (χ0v) is 14.2. The fourth-order valence-corrected chi connectivity index (χ4v) is 2.93. The van der Waals surface area contributed by atoms with Gasteiger partial charge in [0.1, 0.15) is 16.6 Å².